The van der Waals surface area contributed by atoms with Gasteiger partial charge < -0.3 is 5.11 Å². The van der Waals surface area contributed by atoms with Crippen molar-refractivity contribution in [3.63, 3.8) is 0 Å². The van der Waals surface area contributed by atoms with Gasteiger partial charge in [-0.05, 0) is 6.07 Å². The molecule has 0 aliphatic rings. The first-order chi connectivity index (χ1) is 9.90. The predicted molar refractivity (Wildman–Crippen MR) is 78.2 cm³/mol. The molecule has 0 saturated carbocycles. The van der Waals surface area contributed by atoms with E-state index in [9.17, 15) is 13.5 Å². The van der Waals surface area contributed by atoms with Gasteiger partial charge in [-0.2, -0.15) is 4.40 Å². The maximum Gasteiger partial charge on any atom is 0.249 e. The smallest absolute Gasteiger partial charge is 0.249 e. The average Bonchev–Trinajstić information content (AvgIpc) is 2.42. The highest BCUT2D eigenvalue weighted by Gasteiger charge is 2.12. The van der Waals surface area contributed by atoms with Gasteiger partial charge in [-0.15, -0.1) is 0 Å². The molecule has 6 nitrogen and oxygen atoms in total. The van der Waals surface area contributed by atoms with Gasteiger partial charge in [0, 0.05) is 22.8 Å². The highest BCUT2D eigenvalue weighted by atomic mass is 32.2. The summed E-state index contributed by atoms with van der Waals surface area (Å²) in [6.07, 6.45) is 4.39. The van der Waals surface area contributed by atoms with Crippen molar-refractivity contribution in [2.24, 2.45) is 4.40 Å². The molecule has 0 fully saturated rings. The number of aromatic nitrogens is 2. The molecule has 0 N–H and O–H groups in total. The molecular weight excluding hydrogens is 290 g/mol. The number of fused-ring (bicyclic) bond motifs is 1. The molecule has 0 amide bonds. The fraction of sp³-hybridized carbons (Fsp3) is 0.357. The minimum atomic E-state index is -3.72. The van der Waals surface area contributed by atoms with E-state index in [0.717, 1.165) is 19.1 Å². The van der Waals surface area contributed by atoms with E-state index in [2.05, 4.69) is 16.4 Å². The van der Waals surface area contributed by atoms with Gasteiger partial charge in [0.2, 0.25) is 16.2 Å². The molecule has 0 bridgehead atoms. The first kappa shape index (κ1) is 15.4. The zero-order chi connectivity index (χ0) is 15.5. The molecule has 2 aromatic rings. The Hall–Kier alpha value is -2.02. The molecule has 2 rings (SSSR count). The van der Waals surface area contributed by atoms with Crippen molar-refractivity contribution in [3.05, 3.63) is 36.0 Å². The van der Waals surface area contributed by atoms with Gasteiger partial charge in [0.1, 0.15) is 5.52 Å². The number of rotatable bonds is 5. The topological polar surface area (TPSA) is 86.3 Å². The van der Waals surface area contributed by atoms with Crippen molar-refractivity contribution in [1.29, 1.82) is 0 Å². The van der Waals surface area contributed by atoms with Crippen molar-refractivity contribution in [1.82, 2.24) is 5.10 Å². The largest absolute Gasteiger partial charge is 0.857 e. The van der Waals surface area contributed by atoms with Gasteiger partial charge in [0.25, 0.3) is 0 Å². The van der Waals surface area contributed by atoms with Crippen LogP contribution < -0.4 is 9.79 Å². The van der Waals surface area contributed by atoms with Crippen LogP contribution in [-0.2, 0) is 16.6 Å². The van der Waals surface area contributed by atoms with Crippen LogP contribution in [0.1, 0.15) is 25.3 Å². The van der Waals surface area contributed by atoms with Gasteiger partial charge in [-0.1, -0.05) is 36.2 Å². The number of aryl methyl sites for hydroxylation is 1. The molecule has 21 heavy (non-hydrogen) atoms. The number of hydrogen-bond donors (Lipinski definition) is 0. The van der Waals surface area contributed by atoms with E-state index in [0.29, 0.717) is 17.4 Å². The molecule has 1 aromatic carbocycles. The van der Waals surface area contributed by atoms with Gasteiger partial charge in [-0.3, -0.25) is 0 Å². The first-order valence-electron chi connectivity index (χ1n) is 6.67. The third-order valence-corrected chi connectivity index (χ3v) is 3.43. The van der Waals surface area contributed by atoms with Crippen LogP contribution in [0.25, 0.3) is 10.9 Å². The van der Waals surface area contributed by atoms with E-state index in [1.807, 2.05) is 6.07 Å². The van der Waals surface area contributed by atoms with Crippen LogP contribution in [0.3, 0.4) is 0 Å². The zero-order valence-electron chi connectivity index (χ0n) is 12.0. The molecule has 0 aliphatic heterocycles. The fourth-order valence-corrected chi connectivity index (χ4v) is 2.38. The second-order valence-electron chi connectivity index (χ2n) is 4.81. The van der Waals surface area contributed by atoms with E-state index in [1.54, 1.807) is 29.1 Å². The van der Waals surface area contributed by atoms with Crippen LogP contribution in [-0.4, -0.2) is 25.7 Å². The normalized spacial score (nSPS) is 12.8. The SMILES string of the molecule is CCCC[n+]1cc(/C([O-])=N/S(C)(=O)=O)c2ccccc2n1. The molecule has 0 radical (unpaired) electrons. The standard InChI is InChI=1S/C14H17N3O3S/c1-3-4-9-17-10-12(14(18)16-21(2,19)20)11-7-5-6-8-13(11)15-17/h5-8,10H,3-4,9H2,1-2H3. The summed E-state index contributed by atoms with van der Waals surface area (Å²) >= 11 is 0. The third-order valence-electron chi connectivity index (χ3n) is 2.93. The quantitative estimate of drug-likeness (QED) is 0.454. The van der Waals surface area contributed by atoms with E-state index >= 15 is 0 Å². The predicted octanol–water partition coefficient (Wildman–Crippen LogP) is 0.389. The molecule has 0 unspecified atom stereocenters. The van der Waals surface area contributed by atoms with Crippen LogP contribution in [0.5, 0.6) is 0 Å². The molecule has 0 aliphatic carbocycles. The van der Waals surface area contributed by atoms with Crippen molar-refractivity contribution >= 4 is 26.8 Å². The number of sulfonamides is 1. The second kappa shape index (κ2) is 6.17. The van der Waals surface area contributed by atoms with E-state index in [4.69, 9.17) is 0 Å². The van der Waals surface area contributed by atoms with Gasteiger partial charge in [-0.25, -0.2) is 8.42 Å². The maximum absolute atomic E-state index is 12.1. The number of nitrogens with zero attached hydrogens (tertiary/aromatic N) is 3. The molecule has 112 valence electrons. The number of benzene rings is 1. The monoisotopic (exact) mass is 307 g/mol. The summed E-state index contributed by atoms with van der Waals surface area (Å²) in [5.74, 6) is -0.763. The lowest BCUT2D eigenvalue weighted by atomic mass is 10.1. The molecule has 1 heterocycles. The lowest BCUT2D eigenvalue weighted by molar-refractivity contribution is -0.752. The van der Waals surface area contributed by atoms with Crippen LogP contribution in [0.2, 0.25) is 0 Å². The Morgan fingerprint density at radius 2 is 2.10 bits per heavy atom. The summed E-state index contributed by atoms with van der Waals surface area (Å²) in [5.41, 5.74) is 0.894. The minimum Gasteiger partial charge on any atom is -0.857 e. The molecule has 1 aromatic heterocycles. The Labute approximate surface area is 123 Å². The summed E-state index contributed by atoms with van der Waals surface area (Å²) in [5, 5.41) is 17.1. The molecule has 0 spiro atoms. The van der Waals surface area contributed by atoms with Gasteiger partial charge >= 0.3 is 0 Å². The average molecular weight is 307 g/mol. The van der Waals surface area contributed by atoms with Crippen LogP contribution >= 0.6 is 0 Å². The molecule has 0 saturated heterocycles. The van der Waals surface area contributed by atoms with Crippen LogP contribution in [0.4, 0.5) is 0 Å². The lowest BCUT2D eigenvalue weighted by Gasteiger charge is -2.10. The Bertz CT molecular complexity index is 785. The van der Waals surface area contributed by atoms with Crippen molar-refractivity contribution in [3.8, 4) is 0 Å². The summed E-state index contributed by atoms with van der Waals surface area (Å²) in [6, 6.07) is 7.12. The Kier molecular flexibility index (Phi) is 4.52. The summed E-state index contributed by atoms with van der Waals surface area (Å²) < 4.78 is 27.3. The summed E-state index contributed by atoms with van der Waals surface area (Å²) in [7, 11) is -3.72. The van der Waals surface area contributed by atoms with Gasteiger partial charge in [0.15, 0.2) is 6.54 Å². The Balaban J connectivity index is 2.62. The molecule has 7 heteroatoms. The van der Waals surface area contributed by atoms with Crippen molar-refractivity contribution in [2.45, 2.75) is 26.3 Å². The highest BCUT2D eigenvalue weighted by molar-refractivity contribution is 7.89. The van der Waals surface area contributed by atoms with E-state index in [-0.39, 0.29) is 5.56 Å². The first-order valence-corrected chi connectivity index (χ1v) is 8.52. The lowest BCUT2D eigenvalue weighted by Crippen LogP contribution is -2.40. The van der Waals surface area contributed by atoms with Crippen molar-refractivity contribution < 1.29 is 18.2 Å². The fourth-order valence-electron chi connectivity index (χ4n) is 1.98. The van der Waals surface area contributed by atoms with E-state index in [1.165, 1.54) is 0 Å². The highest BCUT2D eigenvalue weighted by Crippen LogP contribution is 2.14. The molecule has 0 atom stereocenters. The number of unbranched alkanes of at least 4 members (excludes halogenated alkanes) is 1. The Morgan fingerprint density at radius 1 is 1.38 bits per heavy atom. The third kappa shape index (κ3) is 3.98. The van der Waals surface area contributed by atoms with Crippen LogP contribution in [0.15, 0.2) is 34.9 Å². The van der Waals surface area contributed by atoms with Crippen molar-refractivity contribution in [2.75, 3.05) is 6.26 Å². The number of hydrogen-bond acceptors (Lipinski definition) is 4. The van der Waals surface area contributed by atoms with Gasteiger partial charge in [0.05, 0.1) is 11.8 Å². The molecular formula is C14H17N3O3S. The summed E-state index contributed by atoms with van der Waals surface area (Å²) in [6.45, 7) is 2.73. The van der Waals surface area contributed by atoms with E-state index < -0.39 is 15.9 Å². The Morgan fingerprint density at radius 3 is 2.76 bits per heavy atom. The minimum absolute atomic E-state index is 0.252. The summed E-state index contributed by atoms with van der Waals surface area (Å²) in [4.78, 5) is 0. The second-order valence-corrected chi connectivity index (χ2v) is 6.45. The maximum atomic E-state index is 12.1. The zero-order valence-corrected chi connectivity index (χ0v) is 12.8. The van der Waals surface area contributed by atoms with Crippen LogP contribution in [0, 0.1) is 0 Å².